The Bertz CT molecular complexity index is 93.7. The van der Waals surface area contributed by atoms with Crippen molar-refractivity contribution < 1.29 is 0 Å². The molecule has 2 N–H and O–H groups in total. The Morgan fingerprint density at radius 2 is 1.73 bits per heavy atom. The molecule has 2 nitrogen and oxygen atoms in total. The highest BCUT2D eigenvalue weighted by Gasteiger charge is 1.93. The van der Waals surface area contributed by atoms with Gasteiger partial charge in [0.1, 0.15) is 0 Å². The average molecular weight is 156 g/mol. The minimum atomic E-state index is 0.643. The first-order valence-corrected chi connectivity index (χ1v) is 4.45. The van der Waals surface area contributed by atoms with Gasteiger partial charge in [-0.15, -0.1) is 0 Å². The van der Waals surface area contributed by atoms with E-state index in [4.69, 9.17) is 5.73 Å². The molecule has 0 aliphatic carbocycles. The van der Waals surface area contributed by atoms with Gasteiger partial charge in [-0.2, -0.15) is 0 Å². The van der Waals surface area contributed by atoms with E-state index in [9.17, 15) is 0 Å². The van der Waals surface area contributed by atoms with Gasteiger partial charge in [0.2, 0.25) is 0 Å². The van der Waals surface area contributed by atoms with Crippen molar-refractivity contribution in [2.45, 2.75) is 26.7 Å². The summed E-state index contributed by atoms with van der Waals surface area (Å²) in [7, 11) is 0. The van der Waals surface area contributed by atoms with Crippen molar-refractivity contribution in [3.05, 3.63) is 12.3 Å². The Labute approximate surface area is 70.1 Å². The molecule has 2 heteroatoms. The highest BCUT2D eigenvalue weighted by atomic mass is 15.1. The molecule has 0 rings (SSSR count). The van der Waals surface area contributed by atoms with Gasteiger partial charge in [0, 0.05) is 19.6 Å². The number of nitrogens with zero attached hydrogens (tertiary/aromatic N) is 1. The van der Waals surface area contributed by atoms with Crippen LogP contribution in [0.3, 0.4) is 0 Å². The van der Waals surface area contributed by atoms with E-state index in [1.807, 2.05) is 6.08 Å². The maximum absolute atomic E-state index is 5.36. The van der Waals surface area contributed by atoms with Crippen molar-refractivity contribution in [3.8, 4) is 0 Å². The summed E-state index contributed by atoms with van der Waals surface area (Å²) in [6, 6.07) is 0. The molecule has 0 fully saturated rings. The molecule has 0 spiro atoms. The van der Waals surface area contributed by atoms with E-state index in [1.54, 1.807) is 0 Å². The highest BCUT2D eigenvalue weighted by molar-refractivity contribution is 4.82. The van der Waals surface area contributed by atoms with Crippen molar-refractivity contribution >= 4 is 0 Å². The fourth-order valence-electron chi connectivity index (χ4n) is 1.05. The van der Waals surface area contributed by atoms with E-state index >= 15 is 0 Å². The zero-order valence-electron chi connectivity index (χ0n) is 7.71. The van der Waals surface area contributed by atoms with Gasteiger partial charge >= 0.3 is 0 Å². The molecule has 0 aromatic carbocycles. The van der Waals surface area contributed by atoms with Crippen LogP contribution in [-0.4, -0.2) is 24.5 Å². The zero-order chi connectivity index (χ0) is 8.53. The summed E-state index contributed by atoms with van der Waals surface area (Å²) in [6.45, 7) is 7.32. The van der Waals surface area contributed by atoms with Crippen LogP contribution in [-0.2, 0) is 0 Å². The van der Waals surface area contributed by atoms with Gasteiger partial charge in [0.15, 0.2) is 0 Å². The zero-order valence-corrected chi connectivity index (χ0v) is 7.71. The van der Waals surface area contributed by atoms with Crippen molar-refractivity contribution in [1.82, 2.24) is 4.90 Å². The van der Waals surface area contributed by atoms with Crippen molar-refractivity contribution in [2.75, 3.05) is 19.6 Å². The van der Waals surface area contributed by atoms with E-state index in [0.717, 1.165) is 13.1 Å². The number of nitrogens with two attached hydrogens (primary N) is 1. The summed E-state index contributed by atoms with van der Waals surface area (Å²) in [5.41, 5.74) is 5.36. The molecule has 0 unspecified atom stereocenters. The molecule has 0 amide bonds. The highest BCUT2D eigenvalue weighted by Crippen LogP contribution is 1.94. The Morgan fingerprint density at radius 3 is 2.09 bits per heavy atom. The van der Waals surface area contributed by atoms with Crippen LogP contribution in [0, 0.1) is 0 Å². The standard InChI is InChI=1S/C9H20N2/c1-3-7-11(8-4-2)9-5-6-10/h5,9H,3-4,6-8,10H2,1-2H3/b9-5+. The third-order valence-corrected chi connectivity index (χ3v) is 1.47. The van der Waals surface area contributed by atoms with Gasteiger partial charge in [-0.05, 0) is 19.0 Å². The first-order chi connectivity index (χ1) is 5.35. The Hall–Kier alpha value is -0.500. The van der Waals surface area contributed by atoms with Crippen LogP contribution < -0.4 is 5.73 Å². The molecule has 0 aromatic heterocycles. The molecule has 11 heavy (non-hydrogen) atoms. The van der Waals surface area contributed by atoms with Crippen molar-refractivity contribution in [2.24, 2.45) is 5.73 Å². The third kappa shape index (κ3) is 5.92. The van der Waals surface area contributed by atoms with Crippen LogP contribution in [0.15, 0.2) is 12.3 Å². The molecule has 0 heterocycles. The van der Waals surface area contributed by atoms with Gasteiger partial charge in [-0.25, -0.2) is 0 Å². The lowest BCUT2D eigenvalue weighted by atomic mass is 10.3. The summed E-state index contributed by atoms with van der Waals surface area (Å²) in [6.07, 6.45) is 6.52. The second kappa shape index (κ2) is 7.61. The first-order valence-electron chi connectivity index (χ1n) is 4.45. The molecule has 0 saturated heterocycles. The minimum absolute atomic E-state index is 0.643. The van der Waals surface area contributed by atoms with Crippen LogP contribution in [0.25, 0.3) is 0 Å². The smallest absolute Gasteiger partial charge is 0.0169 e. The molecule has 0 saturated carbocycles. The summed E-state index contributed by atoms with van der Waals surface area (Å²) < 4.78 is 0. The molecule has 0 atom stereocenters. The fourth-order valence-corrected chi connectivity index (χ4v) is 1.05. The molecule has 0 aliphatic heterocycles. The van der Waals surface area contributed by atoms with Crippen LogP contribution in [0.1, 0.15) is 26.7 Å². The quantitative estimate of drug-likeness (QED) is 0.632. The van der Waals surface area contributed by atoms with Crippen LogP contribution in [0.4, 0.5) is 0 Å². The number of rotatable bonds is 6. The largest absolute Gasteiger partial charge is 0.378 e. The van der Waals surface area contributed by atoms with Gasteiger partial charge in [0.25, 0.3) is 0 Å². The van der Waals surface area contributed by atoms with E-state index in [2.05, 4.69) is 24.9 Å². The SMILES string of the molecule is CCCN(/C=C/CN)CCC. The second-order valence-corrected chi connectivity index (χ2v) is 2.66. The molecule has 0 aliphatic rings. The van der Waals surface area contributed by atoms with E-state index < -0.39 is 0 Å². The monoisotopic (exact) mass is 156 g/mol. The summed E-state index contributed by atoms with van der Waals surface area (Å²) in [5.74, 6) is 0. The summed E-state index contributed by atoms with van der Waals surface area (Å²) >= 11 is 0. The van der Waals surface area contributed by atoms with Crippen LogP contribution >= 0.6 is 0 Å². The lowest BCUT2D eigenvalue weighted by Gasteiger charge is -2.18. The van der Waals surface area contributed by atoms with Crippen molar-refractivity contribution in [1.29, 1.82) is 0 Å². The maximum Gasteiger partial charge on any atom is 0.0169 e. The summed E-state index contributed by atoms with van der Waals surface area (Å²) in [4.78, 5) is 2.31. The molecule has 0 radical (unpaired) electrons. The normalized spacial score (nSPS) is 10.8. The van der Waals surface area contributed by atoms with Gasteiger partial charge < -0.3 is 10.6 Å². The Morgan fingerprint density at radius 1 is 1.18 bits per heavy atom. The molecule has 66 valence electrons. The number of hydrogen-bond donors (Lipinski definition) is 1. The van der Waals surface area contributed by atoms with Gasteiger partial charge in [0.05, 0.1) is 0 Å². The lowest BCUT2D eigenvalue weighted by molar-refractivity contribution is 0.375. The third-order valence-electron chi connectivity index (χ3n) is 1.47. The van der Waals surface area contributed by atoms with Crippen LogP contribution in [0.5, 0.6) is 0 Å². The van der Waals surface area contributed by atoms with Crippen LogP contribution in [0.2, 0.25) is 0 Å². The summed E-state index contributed by atoms with van der Waals surface area (Å²) in [5, 5.41) is 0. The van der Waals surface area contributed by atoms with E-state index in [0.29, 0.717) is 6.54 Å². The second-order valence-electron chi connectivity index (χ2n) is 2.66. The fraction of sp³-hybridized carbons (Fsp3) is 0.778. The lowest BCUT2D eigenvalue weighted by Crippen LogP contribution is -2.19. The van der Waals surface area contributed by atoms with Gasteiger partial charge in [-0.3, -0.25) is 0 Å². The Balaban J connectivity index is 3.58. The first kappa shape index (κ1) is 10.5. The number of hydrogen-bond acceptors (Lipinski definition) is 2. The maximum atomic E-state index is 5.36. The Kier molecular flexibility index (Phi) is 7.26. The van der Waals surface area contributed by atoms with Gasteiger partial charge in [-0.1, -0.05) is 19.9 Å². The minimum Gasteiger partial charge on any atom is -0.378 e. The molecular formula is C9H20N2. The van der Waals surface area contributed by atoms with Crippen molar-refractivity contribution in [3.63, 3.8) is 0 Å². The topological polar surface area (TPSA) is 29.3 Å². The van der Waals surface area contributed by atoms with E-state index in [1.165, 1.54) is 12.8 Å². The predicted molar refractivity (Wildman–Crippen MR) is 50.3 cm³/mol. The average Bonchev–Trinajstić information content (AvgIpc) is 2.01. The molecule has 0 aromatic rings. The van der Waals surface area contributed by atoms with E-state index in [-0.39, 0.29) is 0 Å². The molecular weight excluding hydrogens is 136 g/mol. The predicted octanol–water partition coefficient (Wildman–Crippen LogP) is 1.58. The molecule has 0 bridgehead atoms.